The van der Waals surface area contributed by atoms with Crippen molar-refractivity contribution in [2.75, 3.05) is 13.2 Å². The summed E-state index contributed by atoms with van der Waals surface area (Å²) in [4.78, 5) is 0. The molecule has 0 radical (unpaired) electrons. The van der Waals surface area contributed by atoms with Gasteiger partial charge in [-0.25, -0.2) is 0 Å². The highest BCUT2D eigenvalue weighted by atomic mass is 16.5. The van der Waals surface area contributed by atoms with Crippen molar-refractivity contribution < 1.29 is 4.74 Å². The Morgan fingerprint density at radius 3 is 1.61 bits per heavy atom. The third kappa shape index (κ3) is 7.41. The fraction of sp³-hybridized carbons (Fsp3) is 1.00. The maximum atomic E-state index is 5.04. The molecular formula is C17H34O. The molecule has 108 valence electrons. The van der Waals surface area contributed by atoms with Gasteiger partial charge in [-0.2, -0.15) is 0 Å². The van der Waals surface area contributed by atoms with Crippen molar-refractivity contribution in [3.63, 3.8) is 0 Å². The minimum absolute atomic E-state index is 0.851. The van der Waals surface area contributed by atoms with E-state index in [0.717, 1.165) is 36.9 Å². The molecule has 1 aliphatic carbocycles. The topological polar surface area (TPSA) is 9.23 Å². The Morgan fingerprint density at radius 1 is 0.778 bits per heavy atom. The van der Waals surface area contributed by atoms with Gasteiger partial charge in [0.05, 0.1) is 13.2 Å². The summed E-state index contributed by atoms with van der Waals surface area (Å²) in [6, 6.07) is 0. The zero-order chi connectivity index (χ0) is 13.4. The second-order valence-electron chi connectivity index (χ2n) is 7.17. The summed E-state index contributed by atoms with van der Waals surface area (Å²) in [6.45, 7) is 11.2. The van der Waals surface area contributed by atoms with E-state index in [2.05, 4.69) is 27.7 Å². The van der Waals surface area contributed by atoms with Crippen LogP contribution in [0.2, 0.25) is 0 Å². The molecule has 0 aromatic rings. The van der Waals surface area contributed by atoms with Crippen LogP contribution in [0.15, 0.2) is 0 Å². The van der Waals surface area contributed by atoms with Gasteiger partial charge in [-0.05, 0) is 30.6 Å². The smallest absolute Gasteiger partial charge is 0.0516 e. The van der Waals surface area contributed by atoms with Gasteiger partial charge >= 0.3 is 0 Å². The van der Waals surface area contributed by atoms with E-state index in [9.17, 15) is 0 Å². The fourth-order valence-electron chi connectivity index (χ4n) is 3.18. The van der Waals surface area contributed by atoms with Crippen molar-refractivity contribution in [2.45, 2.75) is 72.6 Å². The van der Waals surface area contributed by atoms with Gasteiger partial charge in [0.2, 0.25) is 0 Å². The Morgan fingerprint density at radius 2 is 1.28 bits per heavy atom. The quantitative estimate of drug-likeness (QED) is 0.662. The van der Waals surface area contributed by atoms with Gasteiger partial charge in [-0.15, -0.1) is 0 Å². The molecular weight excluding hydrogens is 220 g/mol. The van der Waals surface area contributed by atoms with E-state index < -0.39 is 0 Å². The third-order valence-electron chi connectivity index (χ3n) is 4.04. The lowest BCUT2D eigenvalue weighted by Crippen LogP contribution is -2.28. The van der Waals surface area contributed by atoms with Crippen LogP contribution in [0.1, 0.15) is 72.6 Å². The largest absolute Gasteiger partial charge is 0.381 e. The molecule has 1 nitrogen and oxygen atoms in total. The Kier molecular flexibility index (Phi) is 7.97. The van der Waals surface area contributed by atoms with Gasteiger partial charge in [0.15, 0.2) is 0 Å². The summed E-state index contributed by atoms with van der Waals surface area (Å²) in [5.74, 6) is 3.73. The zero-order valence-corrected chi connectivity index (χ0v) is 13.1. The van der Waals surface area contributed by atoms with Crippen LogP contribution in [0.25, 0.3) is 0 Å². The highest BCUT2D eigenvalue weighted by Gasteiger charge is 2.18. The molecule has 1 saturated heterocycles. The highest BCUT2D eigenvalue weighted by molar-refractivity contribution is 4.67. The molecule has 1 heterocycles. The van der Waals surface area contributed by atoms with E-state index in [-0.39, 0.29) is 0 Å². The third-order valence-corrected chi connectivity index (χ3v) is 4.04. The van der Waals surface area contributed by atoms with Crippen LogP contribution in [0, 0.1) is 23.7 Å². The molecule has 0 atom stereocenters. The highest BCUT2D eigenvalue weighted by Crippen LogP contribution is 2.28. The first kappa shape index (κ1) is 16.0. The molecule has 2 rings (SSSR count). The first-order chi connectivity index (χ1) is 8.58. The normalized spacial score (nSPS) is 21.7. The van der Waals surface area contributed by atoms with E-state index in [1.54, 1.807) is 0 Å². The molecule has 1 aliphatic heterocycles. The molecule has 1 saturated carbocycles. The van der Waals surface area contributed by atoms with Crippen molar-refractivity contribution >= 4 is 0 Å². The molecule has 0 aromatic carbocycles. The van der Waals surface area contributed by atoms with Gasteiger partial charge in [-0.3, -0.25) is 0 Å². The fourth-order valence-corrected chi connectivity index (χ4v) is 3.18. The lowest BCUT2D eigenvalue weighted by molar-refractivity contribution is -0.0406. The van der Waals surface area contributed by atoms with Gasteiger partial charge in [0.25, 0.3) is 0 Å². The van der Waals surface area contributed by atoms with Crippen LogP contribution in [0.4, 0.5) is 0 Å². The van der Waals surface area contributed by atoms with Crippen molar-refractivity contribution in [1.29, 1.82) is 0 Å². The Hall–Kier alpha value is -0.0400. The predicted molar refractivity (Wildman–Crippen MR) is 79.8 cm³/mol. The molecule has 0 aromatic heterocycles. The minimum Gasteiger partial charge on any atom is -0.381 e. The molecule has 2 aliphatic rings. The van der Waals surface area contributed by atoms with Gasteiger partial charge in [-0.1, -0.05) is 59.8 Å². The molecule has 0 N–H and O–H groups in total. The maximum Gasteiger partial charge on any atom is 0.0516 e. The van der Waals surface area contributed by atoms with Crippen LogP contribution < -0.4 is 0 Å². The number of ether oxygens (including phenoxy) is 1. The first-order valence-corrected chi connectivity index (χ1v) is 8.15. The SMILES string of the molecule is CC(C)CC1CCCCC1.CC(C)CC1COC1. The van der Waals surface area contributed by atoms with E-state index in [4.69, 9.17) is 4.74 Å². The van der Waals surface area contributed by atoms with Crippen molar-refractivity contribution in [1.82, 2.24) is 0 Å². The van der Waals surface area contributed by atoms with Gasteiger partial charge < -0.3 is 4.74 Å². The average Bonchev–Trinajstić information content (AvgIpc) is 2.25. The van der Waals surface area contributed by atoms with E-state index >= 15 is 0 Å². The zero-order valence-electron chi connectivity index (χ0n) is 13.1. The summed E-state index contributed by atoms with van der Waals surface area (Å²) in [5, 5.41) is 0. The number of hydrogen-bond acceptors (Lipinski definition) is 1. The van der Waals surface area contributed by atoms with E-state index in [1.807, 2.05) is 0 Å². The lowest BCUT2D eigenvalue weighted by atomic mass is 9.84. The number of rotatable bonds is 4. The monoisotopic (exact) mass is 254 g/mol. The molecule has 0 spiro atoms. The van der Waals surface area contributed by atoms with Crippen LogP contribution >= 0.6 is 0 Å². The summed E-state index contributed by atoms with van der Waals surface area (Å²) in [7, 11) is 0. The van der Waals surface area contributed by atoms with Crippen molar-refractivity contribution in [3.8, 4) is 0 Å². The summed E-state index contributed by atoms with van der Waals surface area (Å²) < 4.78 is 5.04. The number of hydrogen-bond donors (Lipinski definition) is 0. The molecule has 2 fully saturated rings. The lowest BCUT2D eigenvalue weighted by Gasteiger charge is -2.27. The van der Waals surface area contributed by atoms with Gasteiger partial charge in [0.1, 0.15) is 0 Å². The second-order valence-corrected chi connectivity index (χ2v) is 7.17. The van der Waals surface area contributed by atoms with Gasteiger partial charge in [0, 0.05) is 5.92 Å². The summed E-state index contributed by atoms with van der Waals surface area (Å²) >= 11 is 0. The Bertz CT molecular complexity index is 188. The average molecular weight is 254 g/mol. The van der Waals surface area contributed by atoms with E-state index in [0.29, 0.717) is 0 Å². The molecule has 18 heavy (non-hydrogen) atoms. The van der Waals surface area contributed by atoms with Crippen molar-refractivity contribution in [2.24, 2.45) is 23.7 Å². The predicted octanol–water partition coefficient (Wildman–Crippen LogP) is 5.29. The standard InChI is InChI=1S/C10H20.C7H14O/c1-9(2)8-10-6-4-3-5-7-10;1-6(2)3-7-4-8-5-7/h9-10H,3-8H2,1-2H3;6-7H,3-5H2,1-2H3. The molecule has 1 heteroatoms. The maximum absolute atomic E-state index is 5.04. The van der Waals surface area contributed by atoms with Crippen molar-refractivity contribution in [3.05, 3.63) is 0 Å². The van der Waals surface area contributed by atoms with Crippen LogP contribution in [-0.4, -0.2) is 13.2 Å². The second kappa shape index (κ2) is 8.96. The molecule has 0 amide bonds. The molecule has 0 unspecified atom stereocenters. The first-order valence-electron chi connectivity index (χ1n) is 8.15. The van der Waals surface area contributed by atoms with Crippen LogP contribution in [-0.2, 0) is 4.74 Å². The van der Waals surface area contributed by atoms with E-state index in [1.165, 1.54) is 44.9 Å². The van der Waals surface area contributed by atoms with Crippen LogP contribution in [0.3, 0.4) is 0 Å². The minimum atomic E-state index is 0.851. The Labute approximate surface area is 115 Å². The Balaban J connectivity index is 0.000000184. The summed E-state index contributed by atoms with van der Waals surface area (Å²) in [6.07, 6.45) is 10.3. The summed E-state index contributed by atoms with van der Waals surface area (Å²) in [5.41, 5.74) is 0. The van der Waals surface area contributed by atoms with Crippen LogP contribution in [0.5, 0.6) is 0 Å². The molecule has 0 bridgehead atoms.